The third kappa shape index (κ3) is 45.1. The molecule has 7 heteroatoms. The fraction of sp³-hybridized carbons (Fsp3) is 0.800. The summed E-state index contributed by atoms with van der Waals surface area (Å²) in [5.74, 6) is 0. The standard InChI is InChI=1S/C5H8N.Na.H2O3S2/c1-2-3-4-5-6;;1-5(2,3)4/h1-4H2;;(H2,1,2,3,4). The van der Waals surface area contributed by atoms with Crippen molar-refractivity contribution in [3.05, 3.63) is 0 Å². The Morgan fingerprint density at radius 1 is 1.50 bits per heavy atom. The summed E-state index contributed by atoms with van der Waals surface area (Å²) in [4.78, 5) is 0. The zero-order valence-corrected chi connectivity index (χ0v) is 10.5. The fourth-order valence-corrected chi connectivity index (χ4v) is 0.954. The van der Waals surface area contributed by atoms with Crippen molar-refractivity contribution in [1.29, 1.82) is 5.26 Å². The average molecular weight is 219 g/mol. The molecular formula is C5H10NNaO3S2. The molecule has 0 unspecified atom stereocenters. The average Bonchev–Trinajstić information content (AvgIpc) is 1.85. The molecule has 0 aliphatic rings. The molecule has 0 heterocycles. The van der Waals surface area contributed by atoms with E-state index in [-0.39, 0.29) is 0 Å². The molecule has 0 aliphatic heterocycles. The topological polar surface area (TPSA) is 81.3 Å². The van der Waals surface area contributed by atoms with Crippen LogP contribution < -0.4 is 0 Å². The van der Waals surface area contributed by atoms with Gasteiger partial charge in [0, 0.05) is 11.2 Å². The SMILES string of the molecule is N#CCCC[CH2][Na].O=S(O)(O)=S. The molecule has 12 heavy (non-hydrogen) atoms. The normalized spacial score (nSPS) is 9.58. The molecule has 0 saturated carbocycles. The minimum atomic E-state index is -3.83. The van der Waals surface area contributed by atoms with Gasteiger partial charge in [-0.2, -0.15) is 4.21 Å². The first-order valence-corrected chi connectivity index (χ1v) is 7.29. The van der Waals surface area contributed by atoms with Gasteiger partial charge in [-0.15, -0.1) is 0 Å². The molecule has 0 atom stereocenters. The summed E-state index contributed by atoms with van der Waals surface area (Å²) in [6, 6.07) is 2.12. The molecule has 0 saturated heterocycles. The zero-order valence-electron chi connectivity index (χ0n) is 6.89. The predicted molar refractivity (Wildman–Crippen MR) is 50.8 cm³/mol. The van der Waals surface area contributed by atoms with Gasteiger partial charge in [0.1, 0.15) is 0 Å². The molecular weight excluding hydrogens is 209 g/mol. The second kappa shape index (κ2) is 9.86. The van der Waals surface area contributed by atoms with Crippen molar-refractivity contribution in [1.82, 2.24) is 0 Å². The summed E-state index contributed by atoms with van der Waals surface area (Å²) in [6.45, 7) is 0. The summed E-state index contributed by atoms with van der Waals surface area (Å²) in [5.41, 5.74) is 0. The van der Waals surface area contributed by atoms with Crippen LogP contribution in [0.5, 0.6) is 0 Å². The molecule has 0 amide bonds. The minimum Gasteiger partial charge on any atom is -0.285 e. The molecule has 0 rings (SSSR count). The Morgan fingerprint density at radius 2 is 1.92 bits per heavy atom. The molecule has 0 bridgehead atoms. The Bertz CT molecular complexity index is 213. The van der Waals surface area contributed by atoms with Gasteiger partial charge in [-0.05, 0) is 0 Å². The second-order valence-electron chi connectivity index (χ2n) is 2.06. The Balaban J connectivity index is 0. The molecule has 0 fully saturated rings. The van der Waals surface area contributed by atoms with Crippen LogP contribution in [0.3, 0.4) is 0 Å². The Labute approximate surface area is 95.1 Å². The molecule has 4 nitrogen and oxygen atoms in total. The number of nitrogens with zero attached hydrogens (tertiary/aromatic N) is 1. The maximum atomic E-state index is 9.11. The summed E-state index contributed by atoms with van der Waals surface area (Å²) < 4.78 is 25.3. The van der Waals surface area contributed by atoms with Crippen LogP contribution in [0.25, 0.3) is 0 Å². The third-order valence-corrected chi connectivity index (χ3v) is 1.60. The smallest absolute Gasteiger partial charge is 0.263 e. The van der Waals surface area contributed by atoms with Crippen LogP contribution in [-0.4, -0.2) is 41.2 Å². The van der Waals surface area contributed by atoms with E-state index < -0.39 is 9.05 Å². The first-order valence-electron chi connectivity index (χ1n) is 3.48. The molecule has 2 N–H and O–H groups in total. The van der Waals surface area contributed by atoms with E-state index in [0.717, 1.165) is 12.8 Å². The summed E-state index contributed by atoms with van der Waals surface area (Å²) in [6.07, 6.45) is 3.13. The van der Waals surface area contributed by atoms with Gasteiger partial charge in [-0.25, -0.2) is 0 Å². The first-order chi connectivity index (χ1) is 5.41. The first kappa shape index (κ1) is 15.3. The third-order valence-electron chi connectivity index (χ3n) is 0.892. The van der Waals surface area contributed by atoms with E-state index in [9.17, 15) is 0 Å². The molecule has 0 aromatic carbocycles. The summed E-state index contributed by atoms with van der Waals surface area (Å²) in [5, 5.41) is 8.05. The molecule has 0 radical (unpaired) electrons. The molecule has 0 aromatic heterocycles. The summed E-state index contributed by atoms with van der Waals surface area (Å²) >= 11 is 4.76. The van der Waals surface area contributed by atoms with E-state index in [1.54, 1.807) is 0 Å². The van der Waals surface area contributed by atoms with E-state index >= 15 is 0 Å². The van der Waals surface area contributed by atoms with Crippen molar-refractivity contribution in [2.24, 2.45) is 0 Å². The molecule has 0 spiro atoms. The molecule has 66 valence electrons. The Hall–Kier alpha value is 0.780. The number of nitriles is 1. The predicted octanol–water partition coefficient (Wildman–Crippen LogP) is 0.946. The second-order valence-corrected chi connectivity index (χ2v) is 5.26. The maximum Gasteiger partial charge on any atom is 0.263 e. The van der Waals surface area contributed by atoms with Gasteiger partial charge in [-0.1, -0.05) is 0 Å². The van der Waals surface area contributed by atoms with E-state index in [0.29, 0.717) is 0 Å². The zero-order chi connectivity index (χ0) is 10.0. The van der Waals surface area contributed by atoms with Gasteiger partial charge in [0.2, 0.25) is 0 Å². The summed E-state index contributed by atoms with van der Waals surface area (Å²) in [7, 11) is -3.83. The van der Waals surface area contributed by atoms with Crippen molar-refractivity contribution < 1.29 is 13.3 Å². The van der Waals surface area contributed by atoms with Crippen LogP contribution in [0.15, 0.2) is 0 Å². The van der Waals surface area contributed by atoms with Crippen molar-refractivity contribution in [2.75, 3.05) is 0 Å². The van der Waals surface area contributed by atoms with E-state index in [4.69, 9.17) is 18.6 Å². The van der Waals surface area contributed by atoms with Gasteiger partial charge >= 0.3 is 62.2 Å². The van der Waals surface area contributed by atoms with Crippen LogP contribution in [0.2, 0.25) is 3.67 Å². The van der Waals surface area contributed by atoms with Crippen LogP contribution in [0.1, 0.15) is 19.3 Å². The van der Waals surface area contributed by atoms with Gasteiger partial charge in [-0.3, -0.25) is 9.11 Å². The van der Waals surface area contributed by atoms with Crippen molar-refractivity contribution in [3.63, 3.8) is 0 Å². The number of hydrogen-bond donors (Lipinski definition) is 2. The largest absolute Gasteiger partial charge is 0.285 e. The van der Waals surface area contributed by atoms with Gasteiger partial charge in [0.15, 0.2) is 0 Å². The monoisotopic (exact) mass is 219 g/mol. The van der Waals surface area contributed by atoms with Crippen LogP contribution in [0.4, 0.5) is 0 Å². The van der Waals surface area contributed by atoms with Crippen LogP contribution in [-0.2, 0) is 20.2 Å². The van der Waals surface area contributed by atoms with E-state index in [1.807, 2.05) is 0 Å². The Morgan fingerprint density at radius 3 is 2.17 bits per heavy atom. The molecule has 0 aromatic rings. The number of hydrogen-bond acceptors (Lipinski definition) is 3. The van der Waals surface area contributed by atoms with E-state index in [1.165, 1.54) is 38.0 Å². The van der Waals surface area contributed by atoms with E-state index in [2.05, 4.69) is 17.3 Å². The fourth-order valence-electron chi connectivity index (χ4n) is 0.454. The van der Waals surface area contributed by atoms with Crippen molar-refractivity contribution in [2.45, 2.75) is 22.9 Å². The van der Waals surface area contributed by atoms with Gasteiger partial charge in [0.05, 0.1) is 0 Å². The number of unbranched alkanes of at least 4 members (excludes halogenated alkanes) is 2. The minimum absolute atomic E-state index is 0.752. The van der Waals surface area contributed by atoms with Gasteiger partial charge < -0.3 is 0 Å². The van der Waals surface area contributed by atoms with Crippen molar-refractivity contribution in [3.8, 4) is 6.07 Å². The quantitative estimate of drug-likeness (QED) is 0.545. The maximum absolute atomic E-state index is 9.11. The Kier molecular flexibility index (Phi) is 12.5. The van der Waals surface area contributed by atoms with Gasteiger partial charge in [0.25, 0.3) is 9.05 Å². The van der Waals surface area contributed by atoms with Crippen LogP contribution in [0, 0.1) is 11.3 Å². The number of rotatable bonds is 3. The van der Waals surface area contributed by atoms with Crippen molar-refractivity contribution >= 4 is 48.2 Å². The molecule has 0 aliphatic carbocycles. The van der Waals surface area contributed by atoms with Crippen LogP contribution >= 0.6 is 0 Å².